The molecule has 22 heavy (non-hydrogen) atoms. The van der Waals surface area contributed by atoms with Crippen LogP contribution in [0, 0.1) is 5.92 Å². The lowest BCUT2D eigenvalue weighted by atomic mass is 10.2. The Bertz CT molecular complexity index is 652. The lowest BCUT2D eigenvalue weighted by molar-refractivity contribution is -0.156. The van der Waals surface area contributed by atoms with Gasteiger partial charge in [-0.3, -0.25) is 14.9 Å². The Kier molecular flexibility index (Phi) is 5.27. The summed E-state index contributed by atoms with van der Waals surface area (Å²) in [6.07, 6.45) is -0.848. The van der Waals surface area contributed by atoms with E-state index in [1.807, 2.05) is 35.7 Å². The third-order valence-electron chi connectivity index (χ3n) is 2.94. The van der Waals surface area contributed by atoms with Crippen LogP contribution in [0.15, 0.2) is 35.7 Å². The minimum Gasteiger partial charge on any atom is -0.452 e. The number of rotatable bonds is 5. The molecule has 1 N–H and O–H groups in total. The topological polar surface area (TPSA) is 68.3 Å². The molecular weight excluding hydrogens is 300 g/mol. The third kappa shape index (κ3) is 4.14. The SMILES string of the molecule is CC(C)C(=O)OC(C)C(=O)Nc1nc(-c2ccccc2)cs1. The van der Waals surface area contributed by atoms with Gasteiger partial charge in [-0.1, -0.05) is 44.2 Å². The number of aromatic nitrogens is 1. The monoisotopic (exact) mass is 318 g/mol. The molecule has 5 nitrogen and oxygen atoms in total. The Morgan fingerprint density at radius 3 is 2.50 bits per heavy atom. The molecule has 1 heterocycles. The van der Waals surface area contributed by atoms with E-state index >= 15 is 0 Å². The fraction of sp³-hybridized carbons (Fsp3) is 0.312. The Hall–Kier alpha value is -2.21. The van der Waals surface area contributed by atoms with E-state index in [-0.39, 0.29) is 11.8 Å². The number of anilines is 1. The van der Waals surface area contributed by atoms with Crippen molar-refractivity contribution in [2.75, 3.05) is 5.32 Å². The van der Waals surface area contributed by atoms with E-state index < -0.39 is 12.1 Å². The highest BCUT2D eigenvalue weighted by atomic mass is 32.1. The van der Waals surface area contributed by atoms with Gasteiger partial charge in [0.25, 0.3) is 5.91 Å². The maximum absolute atomic E-state index is 12.0. The molecule has 116 valence electrons. The second kappa shape index (κ2) is 7.17. The van der Waals surface area contributed by atoms with E-state index in [0.29, 0.717) is 5.13 Å². The molecule has 1 aromatic carbocycles. The molecule has 6 heteroatoms. The highest BCUT2D eigenvalue weighted by Crippen LogP contribution is 2.24. The second-order valence-electron chi connectivity index (χ2n) is 5.13. The maximum Gasteiger partial charge on any atom is 0.309 e. The Balaban J connectivity index is 1.98. The number of ether oxygens (including phenoxy) is 1. The highest BCUT2D eigenvalue weighted by molar-refractivity contribution is 7.14. The van der Waals surface area contributed by atoms with Crippen molar-refractivity contribution in [1.82, 2.24) is 4.98 Å². The number of nitrogens with zero attached hydrogens (tertiary/aromatic N) is 1. The van der Waals surface area contributed by atoms with Gasteiger partial charge in [0.1, 0.15) is 0 Å². The molecule has 0 radical (unpaired) electrons. The zero-order chi connectivity index (χ0) is 16.1. The Morgan fingerprint density at radius 1 is 1.18 bits per heavy atom. The van der Waals surface area contributed by atoms with Gasteiger partial charge in [0.05, 0.1) is 11.6 Å². The summed E-state index contributed by atoms with van der Waals surface area (Å²) >= 11 is 1.33. The fourth-order valence-electron chi connectivity index (χ4n) is 1.64. The summed E-state index contributed by atoms with van der Waals surface area (Å²) in [4.78, 5) is 27.8. The molecule has 0 fully saturated rings. The summed E-state index contributed by atoms with van der Waals surface area (Å²) in [5.74, 6) is -1.05. The lowest BCUT2D eigenvalue weighted by Gasteiger charge is -2.13. The molecule has 1 amide bonds. The lowest BCUT2D eigenvalue weighted by Crippen LogP contribution is -2.31. The number of carbonyl (C=O) groups excluding carboxylic acids is 2. The standard InChI is InChI=1S/C16H18N2O3S/c1-10(2)15(20)21-11(3)14(19)18-16-17-13(9-22-16)12-7-5-4-6-8-12/h4-11H,1-3H3,(H,17,18,19). The van der Waals surface area contributed by atoms with Crippen molar-refractivity contribution in [3.63, 3.8) is 0 Å². The normalized spacial score (nSPS) is 12.0. The van der Waals surface area contributed by atoms with Crippen LogP contribution in [-0.4, -0.2) is 23.0 Å². The van der Waals surface area contributed by atoms with Crippen LogP contribution < -0.4 is 5.32 Å². The van der Waals surface area contributed by atoms with Crippen molar-refractivity contribution < 1.29 is 14.3 Å². The molecule has 0 saturated carbocycles. The molecule has 0 saturated heterocycles. The van der Waals surface area contributed by atoms with E-state index in [2.05, 4.69) is 10.3 Å². The van der Waals surface area contributed by atoms with Crippen molar-refractivity contribution in [2.24, 2.45) is 5.92 Å². The summed E-state index contributed by atoms with van der Waals surface area (Å²) in [6.45, 7) is 4.99. The van der Waals surface area contributed by atoms with Crippen molar-refractivity contribution in [1.29, 1.82) is 0 Å². The van der Waals surface area contributed by atoms with Crippen LogP contribution in [0.1, 0.15) is 20.8 Å². The first kappa shape index (κ1) is 16.2. The number of carbonyl (C=O) groups is 2. The molecule has 0 spiro atoms. The summed E-state index contributed by atoms with van der Waals surface area (Å²) in [5.41, 5.74) is 1.78. The Morgan fingerprint density at radius 2 is 1.86 bits per heavy atom. The molecule has 0 aliphatic heterocycles. The van der Waals surface area contributed by atoms with E-state index in [1.165, 1.54) is 11.3 Å². The average molecular weight is 318 g/mol. The van der Waals surface area contributed by atoms with E-state index in [0.717, 1.165) is 11.3 Å². The third-order valence-corrected chi connectivity index (χ3v) is 3.70. The molecule has 0 aliphatic rings. The number of esters is 1. The fourth-order valence-corrected chi connectivity index (χ4v) is 2.37. The predicted octanol–water partition coefficient (Wildman–Crippen LogP) is 3.34. The van der Waals surface area contributed by atoms with Gasteiger partial charge < -0.3 is 4.74 Å². The molecule has 0 bridgehead atoms. The van der Waals surface area contributed by atoms with Crippen LogP contribution in [0.2, 0.25) is 0 Å². The van der Waals surface area contributed by atoms with Gasteiger partial charge in [0.2, 0.25) is 0 Å². The summed E-state index contributed by atoms with van der Waals surface area (Å²) in [6, 6.07) is 9.70. The smallest absolute Gasteiger partial charge is 0.309 e. The molecule has 2 rings (SSSR count). The first-order valence-corrected chi connectivity index (χ1v) is 7.87. The van der Waals surface area contributed by atoms with Crippen LogP contribution in [0.25, 0.3) is 11.3 Å². The van der Waals surface area contributed by atoms with Crippen LogP contribution in [0.3, 0.4) is 0 Å². The number of hydrogen-bond donors (Lipinski definition) is 1. The number of hydrogen-bond acceptors (Lipinski definition) is 5. The number of nitrogens with one attached hydrogen (secondary N) is 1. The van der Waals surface area contributed by atoms with Gasteiger partial charge in [-0.15, -0.1) is 11.3 Å². The van der Waals surface area contributed by atoms with Gasteiger partial charge in [-0.05, 0) is 6.92 Å². The summed E-state index contributed by atoms with van der Waals surface area (Å²) < 4.78 is 5.06. The van der Waals surface area contributed by atoms with Crippen LogP contribution in [-0.2, 0) is 14.3 Å². The predicted molar refractivity (Wildman–Crippen MR) is 86.6 cm³/mol. The summed E-state index contributed by atoms with van der Waals surface area (Å²) in [7, 11) is 0. The average Bonchev–Trinajstić information content (AvgIpc) is 2.96. The van der Waals surface area contributed by atoms with Crippen molar-refractivity contribution in [3.05, 3.63) is 35.7 Å². The van der Waals surface area contributed by atoms with Crippen molar-refractivity contribution in [2.45, 2.75) is 26.9 Å². The number of benzene rings is 1. The number of thiazole rings is 1. The zero-order valence-corrected chi connectivity index (χ0v) is 13.5. The van der Waals surface area contributed by atoms with Crippen molar-refractivity contribution in [3.8, 4) is 11.3 Å². The molecule has 1 aromatic heterocycles. The Labute approximate surface area is 133 Å². The minimum atomic E-state index is -0.848. The zero-order valence-electron chi connectivity index (χ0n) is 12.7. The first-order chi connectivity index (χ1) is 10.5. The molecule has 1 atom stereocenters. The molecule has 2 aromatic rings. The highest BCUT2D eigenvalue weighted by Gasteiger charge is 2.20. The van der Waals surface area contributed by atoms with Gasteiger partial charge in [0, 0.05) is 10.9 Å². The maximum atomic E-state index is 12.0. The second-order valence-corrected chi connectivity index (χ2v) is 5.99. The molecular formula is C16H18N2O3S. The summed E-state index contributed by atoms with van der Waals surface area (Å²) in [5, 5.41) is 5.02. The first-order valence-electron chi connectivity index (χ1n) is 6.99. The van der Waals surface area contributed by atoms with Crippen LogP contribution in [0.5, 0.6) is 0 Å². The molecule has 0 aliphatic carbocycles. The largest absolute Gasteiger partial charge is 0.452 e. The minimum absolute atomic E-state index is 0.264. The van der Waals surface area contributed by atoms with E-state index in [1.54, 1.807) is 20.8 Å². The van der Waals surface area contributed by atoms with Crippen LogP contribution >= 0.6 is 11.3 Å². The van der Waals surface area contributed by atoms with E-state index in [4.69, 9.17) is 4.74 Å². The van der Waals surface area contributed by atoms with Gasteiger partial charge >= 0.3 is 5.97 Å². The van der Waals surface area contributed by atoms with Crippen LogP contribution in [0.4, 0.5) is 5.13 Å². The van der Waals surface area contributed by atoms with Crippen molar-refractivity contribution >= 4 is 28.3 Å². The van der Waals surface area contributed by atoms with E-state index in [9.17, 15) is 9.59 Å². The van der Waals surface area contributed by atoms with Gasteiger partial charge in [-0.25, -0.2) is 4.98 Å². The quantitative estimate of drug-likeness (QED) is 0.859. The van der Waals surface area contributed by atoms with Gasteiger partial charge in [0.15, 0.2) is 11.2 Å². The number of amides is 1. The molecule has 1 unspecified atom stereocenters. The van der Waals surface area contributed by atoms with Gasteiger partial charge in [-0.2, -0.15) is 0 Å².